The fourth-order valence-corrected chi connectivity index (χ4v) is 3.81. The molecule has 29 heavy (non-hydrogen) atoms. The van der Waals surface area contributed by atoms with Gasteiger partial charge in [-0.1, -0.05) is 31.4 Å². The molecule has 7 nitrogen and oxygen atoms in total. The van der Waals surface area contributed by atoms with Gasteiger partial charge in [0.2, 0.25) is 0 Å². The number of carbonyl (C=O) groups excluding carboxylic acids is 2. The number of carbonyl (C=O) groups is 2. The number of hydrogen-bond donors (Lipinski definition) is 1. The number of ketones is 1. The van der Waals surface area contributed by atoms with Crippen molar-refractivity contribution in [3.05, 3.63) is 42.2 Å². The second-order valence-corrected chi connectivity index (χ2v) is 7.90. The van der Waals surface area contributed by atoms with E-state index < -0.39 is 6.04 Å². The number of amides is 1. The first kappa shape index (κ1) is 21.2. The standard InChI is InChI=1S/C22H31N5O2/c1-3-4-5-6-20(21(28)17-11-14-26(2)15-12-17)24-22(29)18-7-9-19(10-8-18)27-16-13-23-25-27/h7-10,13,16-17,20H,3-6,11-12,14-15H2,1-2H3,(H,24,29)/t20-/m0/s1. The number of rotatable bonds is 9. The molecule has 1 fully saturated rings. The van der Waals surface area contributed by atoms with Crippen molar-refractivity contribution >= 4 is 11.7 Å². The molecule has 1 aromatic carbocycles. The van der Waals surface area contributed by atoms with Crippen molar-refractivity contribution in [1.82, 2.24) is 25.2 Å². The lowest BCUT2D eigenvalue weighted by Crippen LogP contribution is -2.46. The van der Waals surface area contributed by atoms with Crippen LogP contribution in [0.15, 0.2) is 36.7 Å². The Morgan fingerprint density at radius 3 is 2.52 bits per heavy atom. The number of piperidine rings is 1. The minimum Gasteiger partial charge on any atom is -0.342 e. The molecule has 3 rings (SSSR count). The van der Waals surface area contributed by atoms with E-state index in [2.05, 4.69) is 34.5 Å². The Kier molecular flexibility index (Phi) is 7.52. The van der Waals surface area contributed by atoms with Crippen molar-refractivity contribution in [2.24, 2.45) is 5.92 Å². The van der Waals surface area contributed by atoms with Crippen LogP contribution in [0.3, 0.4) is 0 Å². The van der Waals surface area contributed by atoms with Gasteiger partial charge in [0.25, 0.3) is 5.91 Å². The highest BCUT2D eigenvalue weighted by molar-refractivity contribution is 5.98. The lowest BCUT2D eigenvalue weighted by molar-refractivity contribution is -0.126. The molecule has 1 aliphatic rings. The van der Waals surface area contributed by atoms with Crippen LogP contribution in [0.2, 0.25) is 0 Å². The van der Waals surface area contributed by atoms with Crippen molar-refractivity contribution in [1.29, 1.82) is 0 Å². The number of Topliss-reactive ketones (excluding diaryl/α,β-unsaturated/α-hetero) is 1. The van der Waals surface area contributed by atoms with Crippen LogP contribution in [0, 0.1) is 5.92 Å². The minimum absolute atomic E-state index is 0.0489. The van der Waals surface area contributed by atoms with Gasteiger partial charge in [0.05, 0.1) is 24.1 Å². The summed E-state index contributed by atoms with van der Waals surface area (Å²) in [6.45, 7) is 4.02. The predicted molar refractivity (Wildman–Crippen MR) is 112 cm³/mol. The van der Waals surface area contributed by atoms with Gasteiger partial charge in [-0.15, -0.1) is 5.10 Å². The maximum absolute atomic E-state index is 13.1. The normalized spacial score (nSPS) is 16.5. The van der Waals surface area contributed by atoms with Crippen molar-refractivity contribution in [3.63, 3.8) is 0 Å². The molecule has 2 aromatic rings. The summed E-state index contributed by atoms with van der Waals surface area (Å²) in [5.41, 5.74) is 1.38. The zero-order chi connectivity index (χ0) is 20.6. The Labute approximate surface area is 172 Å². The van der Waals surface area contributed by atoms with Crippen LogP contribution < -0.4 is 5.32 Å². The van der Waals surface area contributed by atoms with Crippen molar-refractivity contribution in [3.8, 4) is 5.69 Å². The van der Waals surface area contributed by atoms with Crippen molar-refractivity contribution in [2.45, 2.75) is 51.5 Å². The van der Waals surface area contributed by atoms with Crippen molar-refractivity contribution in [2.75, 3.05) is 20.1 Å². The van der Waals surface area contributed by atoms with E-state index in [0.29, 0.717) is 12.0 Å². The van der Waals surface area contributed by atoms with E-state index in [0.717, 1.165) is 50.9 Å². The second-order valence-electron chi connectivity index (χ2n) is 7.90. The number of nitrogens with one attached hydrogen (secondary N) is 1. The first-order valence-electron chi connectivity index (χ1n) is 10.6. The summed E-state index contributed by atoms with van der Waals surface area (Å²) < 4.78 is 1.64. The number of benzene rings is 1. The van der Waals surface area contributed by atoms with Crippen molar-refractivity contribution < 1.29 is 9.59 Å². The lowest BCUT2D eigenvalue weighted by Gasteiger charge is -2.30. The number of unbranched alkanes of at least 4 members (excludes halogenated alkanes) is 2. The fraction of sp³-hybridized carbons (Fsp3) is 0.545. The molecule has 1 atom stereocenters. The van der Waals surface area contributed by atoms with E-state index >= 15 is 0 Å². The zero-order valence-electron chi connectivity index (χ0n) is 17.4. The van der Waals surface area contributed by atoms with Gasteiger partial charge in [-0.25, -0.2) is 4.68 Å². The largest absolute Gasteiger partial charge is 0.342 e. The van der Waals surface area contributed by atoms with Crippen LogP contribution in [0.4, 0.5) is 0 Å². The molecular formula is C22H31N5O2. The van der Waals surface area contributed by atoms with Crippen LogP contribution in [-0.2, 0) is 4.79 Å². The molecule has 1 saturated heterocycles. The van der Waals surface area contributed by atoms with E-state index in [9.17, 15) is 9.59 Å². The maximum Gasteiger partial charge on any atom is 0.251 e. The van der Waals surface area contributed by atoms with Crippen LogP contribution in [0.1, 0.15) is 55.8 Å². The molecule has 156 valence electrons. The van der Waals surface area contributed by atoms with Gasteiger partial charge in [-0.3, -0.25) is 9.59 Å². The Bertz CT molecular complexity index is 780. The van der Waals surface area contributed by atoms with E-state index in [1.54, 1.807) is 29.2 Å². The Balaban J connectivity index is 1.65. The quantitative estimate of drug-likeness (QED) is 0.658. The van der Waals surface area contributed by atoms with Gasteiger partial charge in [0.15, 0.2) is 5.78 Å². The smallest absolute Gasteiger partial charge is 0.251 e. The summed E-state index contributed by atoms with van der Waals surface area (Å²) in [6.07, 6.45) is 8.93. The molecule has 0 bridgehead atoms. The summed E-state index contributed by atoms with van der Waals surface area (Å²) in [5, 5.41) is 10.8. The molecule has 0 aliphatic carbocycles. The van der Waals surface area contributed by atoms with E-state index in [1.807, 2.05) is 12.1 Å². The average molecular weight is 398 g/mol. The van der Waals surface area contributed by atoms with Gasteiger partial charge < -0.3 is 10.2 Å². The molecule has 2 heterocycles. The molecule has 7 heteroatoms. The zero-order valence-corrected chi connectivity index (χ0v) is 17.4. The Hall–Kier alpha value is -2.54. The lowest BCUT2D eigenvalue weighted by atomic mass is 9.87. The molecule has 0 spiro atoms. The van der Waals surface area contributed by atoms with E-state index in [-0.39, 0.29) is 17.6 Å². The average Bonchev–Trinajstić information content (AvgIpc) is 3.28. The fourth-order valence-electron chi connectivity index (χ4n) is 3.81. The highest BCUT2D eigenvalue weighted by atomic mass is 16.2. The van der Waals surface area contributed by atoms with E-state index in [4.69, 9.17) is 0 Å². The van der Waals surface area contributed by atoms with Crippen LogP contribution >= 0.6 is 0 Å². The monoisotopic (exact) mass is 397 g/mol. The third kappa shape index (κ3) is 5.73. The second kappa shape index (κ2) is 10.3. The molecule has 1 amide bonds. The SMILES string of the molecule is CCCCC[C@H](NC(=O)c1ccc(-n2ccnn2)cc1)C(=O)C1CCN(C)CC1. The molecule has 0 radical (unpaired) electrons. The first-order valence-corrected chi connectivity index (χ1v) is 10.6. The Morgan fingerprint density at radius 2 is 1.90 bits per heavy atom. The highest BCUT2D eigenvalue weighted by Crippen LogP contribution is 2.21. The Morgan fingerprint density at radius 1 is 1.17 bits per heavy atom. The summed E-state index contributed by atoms with van der Waals surface area (Å²) in [5.74, 6) is 0.0486. The summed E-state index contributed by atoms with van der Waals surface area (Å²) in [4.78, 5) is 28.2. The van der Waals surface area contributed by atoms with Gasteiger partial charge in [-0.2, -0.15) is 0 Å². The van der Waals surface area contributed by atoms with Gasteiger partial charge in [0, 0.05) is 11.5 Å². The molecule has 0 saturated carbocycles. The third-order valence-electron chi connectivity index (χ3n) is 5.68. The summed E-state index contributed by atoms with van der Waals surface area (Å²) in [6, 6.07) is 6.77. The van der Waals surface area contributed by atoms with Gasteiger partial charge in [-0.05, 0) is 63.7 Å². The van der Waals surface area contributed by atoms with Crippen LogP contribution in [0.5, 0.6) is 0 Å². The summed E-state index contributed by atoms with van der Waals surface area (Å²) >= 11 is 0. The van der Waals surface area contributed by atoms with Gasteiger partial charge >= 0.3 is 0 Å². The first-order chi connectivity index (χ1) is 14.1. The maximum atomic E-state index is 13.1. The number of aromatic nitrogens is 3. The molecular weight excluding hydrogens is 366 g/mol. The molecule has 1 aromatic heterocycles. The highest BCUT2D eigenvalue weighted by Gasteiger charge is 2.30. The molecule has 1 aliphatic heterocycles. The number of hydrogen-bond acceptors (Lipinski definition) is 5. The minimum atomic E-state index is -0.405. The van der Waals surface area contributed by atoms with E-state index in [1.165, 1.54) is 0 Å². The topological polar surface area (TPSA) is 80.1 Å². The number of likely N-dealkylation sites (tertiary alicyclic amines) is 1. The van der Waals surface area contributed by atoms with Crippen LogP contribution in [-0.4, -0.2) is 57.8 Å². The van der Waals surface area contributed by atoms with Gasteiger partial charge in [0.1, 0.15) is 0 Å². The molecule has 0 unspecified atom stereocenters. The van der Waals surface area contributed by atoms with Crippen LogP contribution in [0.25, 0.3) is 5.69 Å². The molecule has 1 N–H and O–H groups in total. The summed E-state index contributed by atoms with van der Waals surface area (Å²) in [7, 11) is 2.09. The third-order valence-corrected chi connectivity index (χ3v) is 5.68. The predicted octanol–water partition coefficient (Wildman–Crippen LogP) is 2.86. The number of nitrogens with zero attached hydrogens (tertiary/aromatic N) is 4.